The predicted molar refractivity (Wildman–Crippen MR) is 68.8 cm³/mol. The zero-order valence-electron chi connectivity index (χ0n) is 11.5. The van der Waals surface area contributed by atoms with Gasteiger partial charge in [0.1, 0.15) is 12.3 Å². The van der Waals surface area contributed by atoms with E-state index < -0.39 is 17.4 Å². The molecule has 1 atom stereocenters. The molecule has 0 saturated carbocycles. The maximum atomic E-state index is 11.7. The van der Waals surface area contributed by atoms with Crippen molar-refractivity contribution in [3.05, 3.63) is 6.07 Å². The highest BCUT2D eigenvalue weighted by Crippen LogP contribution is 2.23. The third kappa shape index (κ3) is 3.97. The highest BCUT2D eigenvalue weighted by atomic mass is 16.5. The van der Waals surface area contributed by atoms with Crippen LogP contribution in [0.15, 0.2) is 6.07 Å². The van der Waals surface area contributed by atoms with Crippen LogP contribution in [0.4, 0.5) is 5.82 Å². The number of ether oxygens (including phenoxy) is 1. The molecule has 0 radical (unpaired) electrons. The molecule has 7 heteroatoms. The zero-order chi connectivity index (χ0) is 14.6. The Labute approximate surface area is 111 Å². The smallest absolute Gasteiger partial charge is 0.328 e. The number of nitrogens with zero attached hydrogens (tertiary/aromatic N) is 2. The lowest BCUT2D eigenvalue weighted by molar-refractivity contribution is -0.142. The van der Waals surface area contributed by atoms with Crippen LogP contribution in [-0.2, 0) is 21.4 Å². The van der Waals surface area contributed by atoms with E-state index in [1.165, 1.54) is 17.9 Å². The van der Waals surface area contributed by atoms with E-state index in [0.717, 1.165) is 6.29 Å². The van der Waals surface area contributed by atoms with E-state index in [9.17, 15) is 14.7 Å². The second-order valence-corrected chi connectivity index (χ2v) is 5.04. The first-order valence-electron chi connectivity index (χ1n) is 5.83. The predicted octanol–water partition coefficient (Wildman–Crippen LogP) is 0.694. The Kier molecular flexibility index (Phi) is 4.52. The highest BCUT2D eigenvalue weighted by molar-refractivity contribution is 5.79. The van der Waals surface area contributed by atoms with Crippen LogP contribution in [0.25, 0.3) is 0 Å². The van der Waals surface area contributed by atoms with Crippen LogP contribution >= 0.6 is 0 Å². The molecule has 0 fully saturated rings. The summed E-state index contributed by atoms with van der Waals surface area (Å²) < 4.78 is 5.96. The number of nitrogens with one attached hydrogen (secondary N) is 1. The number of aldehydes is 1. The summed E-state index contributed by atoms with van der Waals surface area (Å²) >= 11 is 0. The Bertz CT molecular complexity index is 448. The number of carbonyl (C=O) groups excluding carboxylic acids is 2. The Morgan fingerprint density at radius 1 is 1.68 bits per heavy atom. The zero-order valence-corrected chi connectivity index (χ0v) is 11.5. The van der Waals surface area contributed by atoms with E-state index in [0.29, 0.717) is 5.82 Å². The van der Waals surface area contributed by atoms with E-state index in [2.05, 4.69) is 10.4 Å². The summed E-state index contributed by atoms with van der Waals surface area (Å²) in [5, 5.41) is 16.3. The summed E-state index contributed by atoms with van der Waals surface area (Å²) in [4.78, 5) is 22.6. The fraction of sp³-hybridized carbons (Fsp3) is 0.583. The Morgan fingerprint density at radius 3 is 2.74 bits per heavy atom. The monoisotopic (exact) mass is 269 g/mol. The molecular formula is C12H19N3O4. The van der Waals surface area contributed by atoms with Crippen LogP contribution in [0.5, 0.6) is 5.88 Å². The molecule has 1 aromatic rings. The SMILES string of the molecule is COC(=O)[C@H](CC(C)(C)C=O)Nc1cc(O)n(C)n1. The summed E-state index contributed by atoms with van der Waals surface area (Å²) in [5.41, 5.74) is -0.664. The molecule has 2 N–H and O–H groups in total. The minimum atomic E-state index is -0.709. The fourth-order valence-electron chi connectivity index (χ4n) is 1.62. The van der Waals surface area contributed by atoms with Crippen LogP contribution in [0, 0.1) is 5.41 Å². The molecule has 1 aromatic heterocycles. The van der Waals surface area contributed by atoms with Gasteiger partial charge in [0, 0.05) is 18.5 Å². The third-order valence-corrected chi connectivity index (χ3v) is 2.71. The number of methoxy groups -OCH3 is 1. The summed E-state index contributed by atoms with van der Waals surface area (Å²) in [6, 6.07) is 0.684. The molecule has 106 valence electrons. The first kappa shape index (κ1) is 15.0. The average Bonchev–Trinajstić information content (AvgIpc) is 2.66. The number of hydrogen-bond donors (Lipinski definition) is 2. The van der Waals surface area contributed by atoms with E-state index in [-0.39, 0.29) is 12.3 Å². The minimum absolute atomic E-state index is 0.0271. The molecule has 1 rings (SSSR count). The topological polar surface area (TPSA) is 93.5 Å². The summed E-state index contributed by atoms with van der Waals surface area (Å²) in [5.74, 6) is -0.169. The molecule has 0 spiro atoms. The molecule has 0 amide bonds. The first-order valence-corrected chi connectivity index (χ1v) is 5.83. The van der Waals surface area contributed by atoms with Crippen LogP contribution in [-0.4, -0.2) is 40.3 Å². The van der Waals surface area contributed by atoms with Crippen LogP contribution in [0.2, 0.25) is 0 Å². The van der Waals surface area contributed by atoms with Gasteiger partial charge in [-0.1, -0.05) is 13.8 Å². The van der Waals surface area contributed by atoms with E-state index in [1.807, 2.05) is 0 Å². The number of esters is 1. The Hall–Kier alpha value is -2.05. The maximum absolute atomic E-state index is 11.7. The molecule has 0 aliphatic heterocycles. The molecule has 19 heavy (non-hydrogen) atoms. The Balaban J connectivity index is 2.86. The van der Waals surface area contributed by atoms with Gasteiger partial charge in [0.15, 0.2) is 5.82 Å². The molecule has 0 aliphatic carbocycles. The largest absolute Gasteiger partial charge is 0.493 e. The standard InChI is InChI=1S/C12H19N3O4/c1-12(2,7-16)6-8(11(18)19-4)13-9-5-10(17)15(3)14-9/h5,7-8,17H,6H2,1-4H3,(H,13,14)/t8-/m0/s1. The fourth-order valence-corrected chi connectivity index (χ4v) is 1.62. The van der Waals surface area contributed by atoms with Crippen LogP contribution in [0.1, 0.15) is 20.3 Å². The molecular weight excluding hydrogens is 250 g/mol. The summed E-state index contributed by atoms with van der Waals surface area (Å²) in [6.07, 6.45) is 1.06. The molecule has 0 aromatic carbocycles. The van der Waals surface area contributed by atoms with E-state index >= 15 is 0 Å². The van der Waals surface area contributed by atoms with Crippen molar-refractivity contribution in [3.63, 3.8) is 0 Å². The van der Waals surface area contributed by atoms with Gasteiger partial charge in [-0.05, 0) is 6.42 Å². The van der Waals surface area contributed by atoms with Crippen molar-refractivity contribution in [2.45, 2.75) is 26.3 Å². The van der Waals surface area contributed by atoms with Gasteiger partial charge in [0.05, 0.1) is 7.11 Å². The number of aryl methyl sites for hydroxylation is 1. The van der Waals surface area contributed by atoms with Crippen molar-refractivity contribution in [1.29, 1.82) is 0 Å². The van der Waals surface area contributed by atoms with Crippen molar-refractivity contribution < 1.29 is 19.4 Å². The summed E-state index contributed by atoms with van der Waals surface area (Å²) in [6.45, 7) is 3.46. The van der Waals surface area contributed by atoms with Gasteiger partial charge >= 0.3 is 5.97 Å². The highest BCUT2D eigenvalue weighted by Gasteiger charge is 2.29. The van der Waals surface area contributed by atoms with Gasteiger partial charge in [0.2, 0.25) is 5.88 Å². The molecule has 0 saturated heterocycles. The number of anilines is 1. The molecule has 1 heterocycles. The van der Waals surface area contributed by atoms with Crippen molar-refractivity contribution >= 4 is 18.1 Å². The van der Waals surface area contributed by atoms with E-state index in [4.69, 9.17) is 4.74 Å². The lowest BCUT2D eigenvalue weighted by Crippen LogP contribution is -2.36. The molecule has 0 unspecified atom stereocenters. The number of hydrogen-bond acceptors (Lipinski definition) is 6. The summed E-state index contributed by atoms with van der Waals surface area (Å²) in [7, 11) is 2.85. The van der Waals surface area contributed by atoms with Crippen molar-refractivity contribution in [2.75, 3.05) is 12.4 Å². The quantitative estimate of drug-likeness (QED) is 0.583. The minimum Gasteiger partial charge on any atom is -0.493 e. The normalized spacial score (nSPS) is 12.8. The lowest BCUT2D eigenvalue weighted by atomic mass is 9.87. The van der Waals surface area contributed by atoms with Crippen molar-refractivity contribution in [1.82, 2.24) is 9.78 Å². The van der Waals surface area contributed by atoms with Gasteiger partial charge in [-0.3, -0.25) is 0 Å². The number of rotatable bonds is 6. The average molecular weight is 269 g/mol. The van der Waals surface area contributed by atoms with E-state index in [1.54, 1.807) is 20.9 Å². The third-order valence-electron chi connectivity index (χ3n) is 2.71. The van der Waals surface area contributed by atoms with Gasteiger partial charge in [0.25, 0.3) is 0 Å². The van der Waals surface area contributed by atoms with Crippen LogP contribution in [0.3, 0.4) is 0 Å². The Morgan fingerprint density at radius 2 is 2.32 bits per heavy atom. The van der Waals surface area contributed by atoms with Crippen LogP contribution < -0.4 is 5.32 Å². The second kappa shape index (κ2) is 5.73. The van der Waals surface area contributed by atoms with Gasteiger partial charge in [-0.25, -0.2) is 9.48 Å². The van der Waals surface area contributed by atoms with Crippen molar-refractivity contribution in [3.8, 4) is 5.88 Å². The number of carbonyl (C=O) groups is 2. The van der Waals surface area contributed by atoms with Gasteiger partial charge in [-0.15, -0.1) is 0 Å². The van der Waals surface area contributed by atoms with Gasteiger partial charge < -0.3 is 20.0 Å². The van der Waals surface area contributed by atoms with Crippen molar-refractivity contribution in [2.24, 2.45) is 12.5 Å². The first-order chi connectivity index (χ1) is 8.79. The lowest BCUT2D eigenvalue weighted by Gasteiger charge is -2.23. The number of aromatic nitrogens is 2. The molecule has 0 aliphatic rings. The number of aromatic hydroxyl groups is 1. The maximum Gasteiger partial charge on any atom is 0.328 e. The second-order valence-electron chi connectivity index (χ2n) is 5.04. The molecule has 7 nitrogen and oxygen atoms in total. The van der Waals surface area contributed by atoms with Gasteiger partial charge in [-0.2, -0.15) is 5.10 Å². The molecule has 0 bridgehead atoms.